The number of rotatable bonds is 8. The van der Waals surface area contributed by atoms with E-state index in [0.29, 0.717) is 17.9 Å². The lowest BCUT2D eigenvalue weighted by Gasteiger charge is -2.10. The van der Waals surface area contributed by atoms with Crippen LogP contribution in [0.15, 0.2) is 29.2 Å². The van der Waals surface area contributed by atoms with E-state index in [-0.39, 0.29) is 16.6 Å². The third-order valence-corrected chi connectivity index (χ3v) is 5.91. The molecule has 1 aromatic rings. The monoisotopic (exact) mass is 380 g/mol. The second-order valence-corrected chi connectivity index (χ2v) is 8.26. The predicted molar refractivity (Wildman–Crippen MR) is 96.0 cm³/mol. The molecule has 0 radical (unpaired) electrons. The maximum absolute atomic E-state index is 12.1. The number of ketones is 1. The van der Waals surface area contributed by atoms with Crippen LogP contribution in [-0.4, -0.2) is 32.6 Å². The van der Waals surface area contributed by atoms with Crippen LogP contribution in [0.5, 0.6) is 0 Å². The Hall–Kier alpha value is -2.22. The summed E-state index contributed by atoms with van der Waals surface area (Å²) in [7, 11) is -4.04. The van der Waals surface area contributed by atoms with Crippen LogP contribution in [0, 0.1) is 5.92 Å². The van der Waals surface area contributed by atoms with E-state index in [1.807, 2.05) is 4.72 Å². The number of sulfonamides is 1. The van der Waals surface area contributed by atoms with Crippen LogP contribution < -0.4 is 10.0 Å². The van der Waals surface area contributed by atoms with Gasteiger partial charge in [0.1, 0.15) is 0 Å². The van der Waals surface area contributed by atoms with E-state index in [1.165, 1.54) is 44.0 Å². The first kappa shape index (κ1) is 20.1. The van der Waals surface area contributed by atoms with Gasteiger partial charge >= 0.3 is 0 Å². The van der Waals surface area contributed by atoms with Gasteiger partial charge in [-0.1, -0.05) is 37.8 Å². The molecule has 0 unspecified atom stereocenters. The normalized spacial score (nSPS) is 14.8. The highest BCUT2D eigenvalue weighted by atomic mass is 32.2. The molecule has 2 rings (SSSR count). The number of Topliss-reactive ketones (excluding diaryl/α,β-unsaturated/α-hetero) is 1. The molecule has 0 spiro atoms. The summed E-state index contributed by atoms with van der Waals surface area (Å²) in [6.07, 6.45) is 5.86. The first-order valence-electron chi connectivity index (χ1n) is 8.71. The van der Waals surface area contributed by atoms with Gasteiger partial charge in [-0.3, -0.25) is 14.4 Å². The summed E-state index contributed by atoms with van der Waals surface area (Å²) in [5.41, 5.74) is 0.379. The summed E-state index contributed by atoms with van der Waals surface area (Å²) in [5, 5.41) is 2.44. The highest BCUT2D eigenvalue weighted by Gasteiger charge is 2.19. The summed E-state index contributed by atoms with van der Waals surface area (Å²) >= 11 is 0. The molecule has 0 atom stereocenters. The Balaban J connectivity index is 1.79. The summed E-state index contributed by atoms with van der Waals surface area (Å²) in [5.74, 6) is -0.670. The molecule has 0 aromatic heterocycles. The van der Waals surface area contributed by atoms with Gasteiger partial charge in [-0.05, 0) is 31.4 Å². The fourth-order valence-corrected chi connectivity index (χ4v) is 4.00. The van der Waals surface area contributed by atoms with Crippen LogP contribution in [0.25, 0.3) is 0 Å². The van der Waals surface area contributed by atoms with Crippen LogP contribution in [0.3, 0.4) is 0 Å². The molecule has 1 fully saturated rings. The predicted octanol–water partition coefficient (Wildman–Crippen LogP) is 1.78. The van der Waals surface area contributed by atoms with E-state index >= 15 is 0 Å². The summed E-state index contributed by atoms with van der Waals surface area (Å²) in [4.78, 5) is 34.7. The largest absolute Gasteiger partial charge is 0.347 e. The number of benzene rings is 1. The second-order valence-electron chi connectivity index (χ2n) is 6.58. The topological polar surface area (TPSA) is 109 Å². The summed E-state index contributed by atoms with van der Waals surface area (Å²) < 4.78 is 26.2. The molecule has 0 heterocycles. The fraction of sp³-hybridized carbons (Fsp3) is 0.500. The van der Waals surface area contributed by atoms with Crippen LogP contribution in [-0.2, 0) is 19.6 Å². The Bertz CT molecular complexity index is 765. The number of carbonyl (C=O) groups excluding carboxylic acids is 3. The van der Waals surface area contributed by atoms with Gasteiger partial charge < -0.3 is 5.32 Å². The molecule has 2 N–H and O–H groups in total. The average Bonchev–Trinajstić information content (AvgIpc) is 3.11. The highest BCUT2D eigenvalue weighted by molar-refractivity contribution is 7.90. The minimum atomic E-state index is -4.04. The average molecular weight is 380 g/mol. The zero-order valence-electron chi connectivity index (χ0n) is 14.8. The maximum atomic E-state index is 12.1. The molecule has 7 nitrogen and oxygen atoms in total. The van der Waals surface area contributed by atoms with Crippen molar-refractivity contribution in [2.45, 2.75) is 50.3 Å². The van der Waals surface area contributed by atoms with E-state index in [9.17, 15) is 22.8 Å². The Morgan fingerprint density at radius 1 is 1.04 bits per heavy atom. The standard InChI is InChI=1S/C18H24N2O5S/c1-13(21)15-7-9-16(10-8-15)26(24,25)20-18(23)12-19-17(22)11-6-14-4-2-3-5-14/h7-10,14H,2-6,11-12H2,1H3,(H,19,22)(H,20,23). The molecule has 8 heteroatoms. The van der Waals surface area contributed by atoms with Crippen molar-refractivity contribution in [2.24, 2.45) is 5.92 Å². The zero-order valence-corrected chi connectivity index (χ0v) is 15.6. The number of carbonyl (C=O) groups is 3. The van der Waals surface area contributed by atoms with E-state index in [1.54, 1.807) is 0 Å². The summed E-state index contributed by atoms with van der Waals surface area (Å²) in [6.45, 7) is 0.981. The zero-order chi connectivity index (χ0) is 19.2. The SMILES string of the molecule is CC(=O)c1ccc(S(=O)(=O)NC(=O)CNC(=O)CCC2CCCC2)cc1. The van der Waals surface area contributed by atoms with Crippen LogP contribution >= 0.6 is 0 Å². The van der Waals surface area contributed by atoms with Gasteiger partial charge in [-0.15, -0.1) is 0 Å². The minimum absolute atomic E-state index is 0.122. The number of nitrogens with one attached hydrogen (secondary N) is 2. The van der Waals surface area contributed by atoms with Gasteiger partial charge in [-0.2, -0.15) is 0 Å². The van der Waals surface area contributed by atoms with Crippen LogP contribution in [0.2, 0.25) is 0 Å². The second kappa shape index (κ2) is 8.93. The lowest BCUT2D eigenvalue weighted by atomic mass is 10.0. The van der Waals surface area contributed by atoms with Gasteiger partial charge in [0, 0.05) is 12.0 Å². The molecule has 1 saturated carbocycles. The molecule has 142 valence electrons. The fourth-order valence-electron chi connectivity index (χ4n) is 3.02. The maximum Gasteiger partial charge on any atom is 0.264 e. The van der Waals surface area contributed by atoms with E-state index in [0.717, 1.165) is 19.3 Å². The Kier molecular flexibility index (Phi) is 6.90. The number of hydrogen-bond acceptors (Lipinski definition) is 5. The van der Waals surface area contributed by atoms with Crippen molar-refractivity contribution >= 4 is 27.6 Å². The molecule has 26 heavy (non-hydrogen) atoms. The molecule has 2 amide bonds. The first-order valence-corrected chi connectivity index (χ1v) is 10.2. The lowest BCUT2D eigenvalue weighted by Crippen LogP contribution is -2.39. The van der Waals surface area contributed by atoms with Gasteiger partial charge in [0.15, 0.2) is 5.78 Å². The molecule has 0 aliphatic heterocycles. The summed E-state index contributed by atoms with van der Waals surface area (Å²) in [6, 6.07) is 5.28. The van der Waals surface area contributed by atoms with Crippen molar-refractivity contribution in [3.8, 4) is 0 Å². The Morgan fingerprint density at radius 3 is 2.23 bits per heavy atom. The Labute approximate surface area is 153 Å². The smallest absolute Gasteiger partial charge is 0.264 e. The minimum Gasteiger partial charge on any atom is -0.347 e. The molecule has 1 aliphatic rings. The highest BCUT2D eigenvalue weighted by Crippen LogP contribution is 2.28. The third kappa shape index (κ3) is 5.94. The molecule has 1 aromatic carbocycles. The first-order chi connectivity index (χ1) is 12.3. The Morgan fingerprint density at radius 2 is 1.65 bits per heavy atom. The molecule has 1 aliphatic carbocycles. The van der Waals surface area contributed by atoms with E-state index in [4.69, 9.17) is 0 Å². The molecular formula is C18H24N2O5S. The van der Waals surface area contributed by atoms with E-state index in [2.05, 4.69) is 5.32 Å². The lowest BCUT2D eigenvalue weighted by molar-refractivity contribution is -0.125. The van der Waals surface area contributed by atoms with Gasteiger partial charge in [0.05, 0.1) is 11.4 Å². The third-order valence-electron chi connectivity index (χ3n) is 4.52. The van der Waals surface area contributed by atoms with Crippen LogP contribution in [0.4, 0.5) is 0 Å². The number of hydrogen-bond donors (Lipinski definition) is 2. The van der Waals surface area contributed by atoms with Crippen molar-refractivity contribution in [1.82, 2.24) is 10.0 Å². The van der Waals surface area contributed by atoms with Crippen molar-refractivity contribution in [3.05, 3.63) is 29.8 Å². The van der Waals surface area contributed by atoms with Gasteiger partial charge in [-0.25, -0.2) is 13.1 Å². The van der Waals surface area contributed by atoms with Crippen molar-refractivity contribution in [2.75, 3.05) is 6.54 Å². The van der Waals surface area contributed by atoms with E-state index < -0.39 is 22.5 Å². The van der Waals surface area contributed by atoms with Crippen LogP contribution in [0.1, 0.15) is 55.8 Å². The van der Waals surface area contributed by atoms with Gasteiger partial charge in [0.2, 0.25) is 5.91 Å². The molecule has 0 saturated heterocycles. The molecular weight excluding hydrogens is 356 g/mol. The van der Waals surface area contributed by atoms with Crippen molar-refractivity contribution in [3.63, 3.8) is 0 Å². The van der Waals surface area contributed by atoms with Gasteiger partial charge in [0.25, 0.3) is 15.9 Å². The van der Waals surface area contributed by atoms with Crippen molar-refractivity contribution in [1.29, 1.82) is 0 Å². The molecule has 0 bridgehead atoms. The number of amides is 2. The van der Waals surface area contributed by atoms with Crippen molar-refractivity contribution < 1.29 is 22.8 Å². The quantitative estimate of drug-likeness (QED) is 0.668.